The summed E-state index contributed by atoms with van der Waals surface area (Å²) in [7, 11) is 0. The summed E-state index contributed by atoms with van der Waals surface area (Å²) in [6.45, 7) is 1.87. The number of amides is 1. The third-order valence-corrected chi connectivity index (χ3v) is 3.36. The molecule has 2 aromatic heterocycles. The lowest BCUT2D eigenvalue weighted by atomic mass is 10.1. The van der Waals surface area contributed by atoms with E-state index in [4.69, 9.17) is 4.52 Å². The fraction of sp³-hybridized carbons (Fsp3) is 0.357. The Bertz CT molecular complexity index is 576. The van der Waals surface area contributed by atoms with Crippen LogP contribution >= 0.6 is 0 Å². The second kappa shape index (κ2) is 5.83. The number of hydrogen-bond donors (Lipinski definition) is 2. The van der Waals surface area contributed by atoms with Crippen molar-refractivity contribution in [3.05, 3.63) is 36.3 Å². The van der Waals surface area contributed by atoms with Gasteiger partial charge in [0, 0.05) is 30.1 Å². The first-order chi connectivity index (χ1) is 9.83. The number of nitrogens with zero attached hydrogens (tertiary/aromatic N) is 2. The van der Waals surface area contributed by atoms with Crippen molar-refractivity contribution in [1.29, 1.82) is 0 Å². The summed E-state index contributed by atoms with van der Waals surface area (Å²) in [5.41, 5.74) is 1.11. The molecule has 0 bridgehead atoms. The number of carbonyl (C=O) groups is 1. The lowest BCUT2D eigenvalue weighted by Crippen LogP contribution is -2.42. The SMILES string of the molecule is O=C(NC1CCNCC1)c1cc(-c2cccnc2)on1. The van der Waals surface area contributed by atoms with Crippen LogP contribution in [0.1, 0.15) is 23.3 Å². The van der Waals surface area contributed by atoms with E-state index >= 15 is 0 Å². The number of pyridine rings is 1. The highest BCUT2D eigenvalue weighted by atomic mass is 16.5. The molecular formula is C14H16N4O2. The van der Waals surface area contributed by atoms with Crippen molar-refractivity contribution in [1.82, 2.24) is 20.8 Å². The molecule has 2 aromatic rings. The van der Waals surface area contributed by atoms with E-state index < -0.39 is 0 Å². The van der Waals surface area contributed by atoms with E-state index in [9.17, 15) is 4.79 Å². The Morgan fingerprint density at radius 1 is 1.40 bits per heavy atom. The maximum atomic E-state index is 12.1. The predicted molar refractivity (Wildman–Crippen MR) is 73.1 cm³/mol. The van der Waals surface area contributed by atoms with Gasteiger partial charge in [0.15, 0.2) is 11.5 Å². The van der Waals surface area contributed by atoms with Gasteiger partial charge in [0.2, 0.25) is 0 Å². The second-order valence-corrected chi connectivity index (χ2v) is 4.82. The van der Waals surface area contributed by atoms with Gasteiger partial charge < -0.3 is 15.2 Å². The Balaban J connectivity index is 1.68. The van der Waals surface area contributed by atoms with Gasteiger partial charge >= 0.3 is 0 Å². The average molecular weight is 272 g/mol. The Morgan fingerprint density at radius 3 is 3.00 bits per heavy atom. The smallest absolute Gasteiger partial charge is 0.273 e. The van der Waals surface area contributed by atoms with Crippen molar-refractivity contribution < 1.29 is 9.32 Å². The van der Waals surface area contributed by atoms with Gasteiger partial charge in [0.1, 0.15) is 0 Å². The van der Waals surface area contributed by atoms with Crippen LogP contribution in [-0.4, -0.2) is 35.2 Å². The van der Waals surface area contributed by atoms with Gasteiger partial charge in [0.05, 0.1) is 0 Å². The lowest BCUT2D eigenvalue weighted by Gasteiger charge is -2.23. The van der Waals surface area contributed by atoms with Crippen molar-refractivity contribution in [2.45, 2.75) is 18.9 Å². The summed E-state index contributed by atoms with van der Waals surface area (Å²) in [6, 6.07) is 5.53. The molecule has 1 fully saturated rings. The van der Waals surface area contributed by atoms with Crippen molar-refractivity contribution >= 4 is 5.91 Å². The fourth-order valence-electron chi connectivity index (χ4n) is 2.25. The highest BCUT2D eigenvalue weighted by molar-refractivity contribution is 5.93. The van der Waals surface area contributed by atoms with Crippen LogP contribution < -0.4 is 10.6 Å². The third-order valence-electron chi connectivity index (χ3n) is 3.36. The van der Waals surface area contributed by atoms with Crippen LogP contribution in [0.25, 0.3) is 11.3 Å². The fourth-order valence-corrected chi connectivity index (χ4v) is 2.25. The van der Waals surface area contributed by atoms with Crippen molar-refractivity contribution in [2.24, 2.45) is 0 Å². The Labute approximate surface area is 116 Å². The molecule has 1 saturated heterocycles. The van der Waals surface area contributed by atoms with Crippen molar-refractivity contribution in [3.63, 3.8) is 0 Å². The first-order valence-electron chi connectivity index (χ1n) is 6.71. The number of rotatable bonds is 3. The van der Waals surface area contributed by atoms with Crippen LogP contribution in [0.4, 0.5) is 0 Å². The average Bonchev–Trinajstić information content (AvgIpc) is 2.99. The molecule has 0 aromatic carbocycles. The maximum absolute atomic E-state index is 12.1. The third kappa shape index (κ3) is 2.85. The van der Waals surface area contributed by atoms with Crippen molar-refractivity contribution in [3.8, 4) is 11.3 Å². The predicted octanol–water partition coefficient (Wildman–Crippen LogP) is 1.22. The molecule has 1 aliphatic heterocycles. The Kier molecular flexibility index (Phi) is 3.73. The molecule has 0 saturated carbocycles. The van der Waals surface area contributed by atoms with Gasteiger partial charge in [-0.15, -0.1) is 0 Å². The molecule has 6 heteroatoms. The summed E-state index contributed by atoms with van der Waals surface area (Å²) < 4.78 is 5.20. The molecule has 1 aliphatic rings. The van der Waals surface area contributed by atoms with Gasteiger partial charge in [-0.1, -0.05) is 5.16 Å². The Hall–Kier alpha value is -2.21. The molecule has 0 spiro atoms. The van der Waals surface area contributed by atoms with Gasteiger partial charge in [-0.2, -0.15) is 0 Å². The number of aromatic nitrogens is 2. The van der Waals surface area contributed by atoms with E-state index in [2.05, 4.69) is 20.8 Å². The highest BCUT2D eigenvalue weighted by Crippen LogP contribution is 2.19. The summed E-state index contributed by atoms with van der Waals surface area (Å²) in [5.74, 6) is 0.365. The minimum absolute atomic E-state index is 0.184. The van der Waals surface area contributed by atoms with Gasteiger partial charge in [-0.25, -0.2) is 0 Å². The first kappa shape index (κ1) is 12.8. The summed E-state index contributed by atoms with van der Waals surface area (Å²) in [6.07, 6.45) is 5.25. The normalized spacial score (nSPS) is 16.0. The molecule has 0 radical (unpaired) electrons. The minimum Gasteiger partial charge on any atom is -0.355 e. The topological polar surface area (TPSA) is 80.0 Å². The standard InChI is InChI=1S/C14H16N4O2/c19-14(17-11-3-6-15-7-4-11)12-8-13(20-18-12)10-2-1-5-16-9-10/h1-2,5,8-9,11,15H,3-4,6-7H2,(H,17,19). The Morgan fingerprint density at radius 2 is 2.25 bits per heavy atom. The van der Waals surface area contributed by atoms with Crippen LogP contribution in [0.5, 0.6) is 0 Å². The molecular weight excluding hydrogens is 256 g/mol. The highest BCUT2D eigenvalue weighted by Gasteiger charge is 2.19. The van der Waals surface area contributed by atoms with Crippen LogP contribution in [0.15, 0.2) is 35.1 Å². The molecule has 0 aliphatic carbocycles. The summed E-state index contributed by atoms with van der Waals surface area (Å²) in [4.78, 5) is 16.1. The van der Waals surface area contributed by atoms with E-state index in [1.807, 2.05) is 12.1 Å². The minimum atomic E-state index is -0.184. The number of hydrogen-bond acceptors (Lipinski definition) is 5. The lowest BCUT2D eigenvalue weighted by molar-refractivity contribution is 0.0920. The molecule has 2 N–H and O–H groups in total. The quantitative estimate of drug-likeness (QED) is 0.878. The molecule has 104 valence electrons. The molecule has 0 atom stereocenters. The van der Waals surface area contributed by atoms with Crippen LogP contribution in [0.3, 0.4) is 0 Å². The summed E-state index contributed by atoms with van der Waals surface area (Å²) in [5, 5.41) is 10.1. The van der Waals surface area contributed by atoms with E-state index in [1.54, 1.807) is 18.5 Å². The second-order valence-electron chi connectivity index (χ2n) is 4.82. The molecule has 3 rings (SSSR count). The van der Waals surface area contributed by atoms with Gasteiger partial charge in [0.25, 0.3) is 5.91 Å². The van der Waals surface area contributed by atoms with E-state index in [1.165, 1.54) is 0 Å². The largest absolute Gasteiger partial charge is 0.355 e. The van der Waals surface area contributed by atoms with Crippen molar-refractivity contribution in [2.75, 3.05) is 13.1 Å². The molecule has 3 heterocycles. The zero-order chi connectivity index (χ0) is 13.8. The van der Waals surface area contributed by atoms with Gasteiger partial charge in [-0.05, 0) is 38.1 Å². The van der Waals surface area contributed by atoms with Crippen LogP contribution in [-0.2, 0) is 0 Å². The van der Waals surface area contributed by atoms with Crippen LogP contribution in [0.2, 0.25) is 0 Å². The molecule has 0 unspecified atom stereocenters. The molecule has 1 amide bonds. The number of nitrogens with one attached hydrogen (secondary N) is 2. The maximum Gasteiger partial charge on any atom is 0.273 e. The first-order valence-corrected chi connectivity index (χ1v) is 6.71. The zero-order valence-electron chi connectivity index (χ0n) is 11.0. The van der Waals surface area contributed by atoms with Crippen LogP contribution in [0, 0.1) is 0 Å². The summed E-state index contributed by atoms with van der Waals surface area (Å²) >= 11 is 0. The van der Waals surface area contributed by atoms with E-state index in [0.717, 1.165) is 31.5 Å². The van der Waals surface area contributed by atoms with E-state index in [0.29, 0.717) is 11.5 Å². The monoisotopic (exact) mass is 272 g/mol. The van der Waals surface area contributed by atoms with Gasteiger partial charge in [-0.3, -0.25) is 9.78 Å². The molecule has 6 nitrogen and oxygen atoms in total. The molecule has 20 heavy (non-hydrogen) atoms. The number of carbonyl (C=O) groups excluding carboxylic acids is 1. The van der Waals surface area contributed by atoms with E-state index in [-0.39, 0.29) is 11.9 Å². The zero-order valence-corrected chi connectivity index (χ0v) is 11.0. The number of piperidine rings is 1.